The summed E-state index contributed by atoms with van der Waals surface area (Å²) in [6.45, 7) is 3.58. The Morgan fingerprint density at radius 2 is 2.30 bits per heavy atom. The Balaban J connectivity index is 1.69. The van der Waals surface area contributed by atoms with E-state index in [1.165, 1.54) is 11.3 Å². The van der Waals surface area contributed by atoms with Crippen molar-refractivity contribution in [3.8, 4) is 5.75 Å². The quantitative estimate of drug-likeness (QED) is 0.701. The third-order valence-corrected chi connectivity index (χ3v) is 4.84. The number of thiazole rings is 1. The summed E-state index contributed by atoms with van der Waals surface area (Å²) in [5, 5.41) is 9.42. The predicted octanol–water partition coefficient (Wildman–Crippen LogP) is 3.92. The fourth-order valence-electron chi connectivity index (χ4n) is 1.87. The van der Waals surface area contributed by atoms with Crippen LogP contribution in [0, 0.1) is 6.92 Å². The zero-order chi connectivity index (χ0) is 16.6. The largest absolute Gasteiger partial charge is 0.480 e. The topological polar surface area (TPSA) is 68.5 Å². The lowest BCUT2D eigenvalue weighted by Gasteiger charge is -2.14. The highest BCUT2D eigenvalue weighted by molar-refractivity contribution is 9.10. The highest BCUT2D eigenvalue weighted by atomic mass is 79.9. The number of aromatic nitrogens is 3. The first kappa shape index (κ1) is 16.2. The maximum atomic E-state index is 12.2. The molecule has 0 saturated heterocycles. The third kappa shape index (κ3) is 3.49. The van der Waals surface area contributed by atoms with Crippen molar-refractivity contribution in [1.82, 2.24) is 14.6 Å². The second kappa shape index (κ2) is 6.46. The minimum atomic E-state index is -0.713. The van der Waals surface area contributed by atoms with Gasteiger partial charge in [-0.15, -0.1) is 16.4 Å². The van der Waals surface area contributed by atoms with Gasteiger partial charge in [0.25, 0.3) is 11.9 Å². The number of carbonyl (C=O) groups excluding carboxylic acids is 1. The number of fused-ring (bicyclic) bond motifs is 1. The molecule has 0 saturated carbocycles. The molecule has 0 fully saturated rings. The average Bonchev–Trinajstić information content (AvgIpc) is 3.04. The van der Waals surface area contributed by atoms with Gasteiger partial charge in [-0.1, -0.05) is 11.6 Å². The van der Waals surface area contributed by atoms with Crippen LogP contribution in [-0.2, 0) is 4.79 Å². The molecule has 1 atom stereocenters. The molecule has 0 bridgehead atoms. The number of nitrogens with one attached hydrogen (secondary N) is 1. The predicted molar refractivity (Wildman–Crippen MR) is 93.5 cm³/mol. The van der Waals surface area contributed by atoms with Gasteiger partial charge in [-0.2, -0.15) is 4.98 Å². The molecule has 6 nitrogen and oxygen atoms in total. The Morgan fingerprint density at radius 1 is 1.52 bits per heavy atom. The van der Waals surface area contributed by atoms with E-state index in [0.717, 1.165) is 10.7 Å². The summed E-state index contributed by atoms with van der Waals surface area (Å²) in [4.78, 5) is 17.2. The molecule has 2 heterocycles. The van der Waals surface area contributed by atoms with Gasteiger partial charge in [0, 0.05) is 10.4 Å². The van der Waals surface area contributed by atoms with Gasteiger partial charge in [0.2, 0.25) is 4.96 Å². The molecule has 1 amide bonds. The molecule has 0 aliphatic carbocycles. The Bertz CT molecular complexity index is 879. The molecule has 0 aliphatic heterocycles. The van der Waals surface area contributed by atoms with Crippen LogP contribution in [0.1, 0.15) is 12.6 Å². The molecule has 120 valence electrons. The van der Waals surface area contributed by atoms with Gasteiger partial charge in [-0.05, 0) is 48.0 Å². The van der Waals surface area contributed by atoms with E-state index in [9.17, 15) is 4.79 Å². The van der Waals surface area contributed by atoms with E-state index in [1.54, 1.807) is 29.6 Å². The maximum Gasteiger partial charge on any atom is 0.267 e. The van der Waals surface area contributed by atoms with Crippen molar-refractivity contribution in [1.29, 1.82) is 0 Å². The number of ether oxygens (including phenoxy) is 1. The smallest absolute Gasteiger partial charge is 0.267 e. The number of anilines is 1. The van der Waals surface area contributed by atoms with Gasteiger partial charge in [0.1, 0.15) is 5.75 Å². The van der Waals surface area contributed by atoms with Gasteiger partial charge in [0.05, 0.1) is 10.2 Å². The van der Waals surface area contributed by atoms with Crippen molar-refractivity contribution in [2.45, 2.75) is 20.0 Å². The molecule has 0 spiro atoms. The van der Waals surface area contributed by atoms with Crippen molar-refractivity contribution in [2.24, 2.45) is 0 Å². The number of hydrogen-bond acceptors (Lipinski definition) is 5. The zero-order valence-corrected chi connectivity index (χ0v) is 15.4. The van der Waals surface area contributed by atoms with Crippen molar-refractivity contribution < 1.29 is 9.53 Å². The number of carbonyl (C=O) groups is 1. The van der Waals surface area contributed by atoms with E-state index >= 15 is 0 Å². The van der Waals surface area contributed by atoms with Crippen molar-refractivity contribution in [2.75, 3.05) is 5.32 Å². The zero-order valence-electron chi connectivity index (χ0n) is 12.2. The van der Waals surface area contributed by atoms with Gasteiger partial charge in [-0.3, -0.25) is 10.1 Å². The van der Waals surface area contributed by atoms with E-state index < -0.39 is 6.10 Å². The molecular formula is C14H12BrClN4O2S. The molecule has 0 radical (unpaired) electrons. The summed E-state index contributed by atoms with van der Waals surface area (Å²) in [7, 11) is 0. The van der Waals surface area contributed by atoms with Crippen LogP contribution in [0.15, 0.2) is 28.1 Å². The number of nitrogens with zero attached hydrogens (tertiary/aromatic N) is 3. The first-order valence-electron chi connectivity index (χ1n) is 6.67. The number of aryl methyl sites for hydroxylation is 1. The minimum Gasteiger partial charge on any atom is -0.480 e. The fourth-order valence-corrected chi connectivity index (χ4v) is 3.45. The minimum absolute atomic E-state index is 0.260. The lowest BCUT2D eigenvalue weighted by atomic mass is 10.3. The summed E-state index contributed by atoms with van der Waals surface area (Å²) >= 11 is 10.7. The van der Waals surface area contributed by atoms with E-state index in [2.05, 4.69) is 31.3 Å². The van der Waals surface area contributed by atoms with E-state index in [1.807, 2.05) is 12.3 Å². The molecular weight excluding hydrogens is 404 g/mol. The first-order chi connectivity index (χ1) is 10.9. The monoisotopic (exact) mass is 414 g/mol. The van der Waals surface area contributed by atoms with Crippen LogP contribution >= 0.6 is 38.9 Å². The molecule has 1 unspecified atom stereocenters. The van der Waals surface area contributed by atoms with Crippen molar-refractivity contribution in [3.63, 3.8) is 0 Å². The molecule has 0 aliphatic rings. The molecule has 2 aromatic heterocycles. The first-order valence-corrected chi connectivity index (χ1v) is 8.72. The summed E-state index contributed by atoms with van der Waals surface area (Å²) in [6, 6.07) is 5.10. The van der Waals surface area contributed by atoms with Crippen LogP contribution in [0.3, 0.4) is 0 Å². The molecule has 3 rings (SSSR count). The Hall–Kier alpha value is -1.64. The highest BCUT2D eigenvalue weighted by Crippen LogP contribution is 2.28. The normalized spacial score (nSPS) is 12.3. The van der Waals surface area contributed by atoms with Crippen LogP contribution < -0.4 is 10.1 Å². The molecule has 1 N–H and O–H groups in total. The summed E-state index contributed by atoms with van der Waals surface area (Å²) in [6.07, 6.45) is -0.713. The number of amides is 1. The molecule has 1 aromatic carbocycles. The van der Waals surface area contributed by atoms with Crippen LogP contribution in [-0.4, -0.2) is 26.6 Å². The van der Waals surface area contributed by atoms with E-state index in [-0.39, 0.29) is 11.9 Å². The van der Waals surface area contributed by atoms with Gasteiger partial charge >= 0.3 is 0 Å². The summed E-state index contributed by atoms with van der Waals surface area (Å²) in [5.74, 6) is 0.463. The number of benzene rings is 1. The lowest BCUT2D eigenvalue weighted by molar-refractivity contribution is -0.122. The summed E-state index contributed by atoms with van der Waals surface area (Å²) in [5.41, 5.74) is 0.965. The molecule has 9 heteroatoms. The molecule has 23 heavy (non-hydrogen) atoms. The summed E-state index contributed by atoms with van der Waals surface area (Å²) < 4.78 is 8.00. The second-order valence-corrected chi connectivity index (χ2v) is 6.96. The van der Waals surface area contributed by atoms with Gasteiger partial charge in [0.15, 0.2) is 6.10 Å². The van der Waals surface area contributed by atoms with Crippen molar-refractivity contribution in [3.05, 3.63) is 38.8 Å². The van der Waals surface area contributed by atoms with E-state index in [0.29, 0.717) is 15.2 Å². The average molecular weight is 416 g/mol. The van der Waals surface area contributed by atoms with Crippen LogP contribution in [0.2, 0.25) is 5.02 Å². The maximum absolute atomic E-state index is 12.2. The van der Waals surface area contributed by atoms with Crippen molar-refractivity contribution >= 4 is 55.7 Å². The standard InChI is InChI=1S/C14H12BrClN4O2S/c1-7-6-23-14-18-13(19-20(7)14)17-12(21)8(2)22-11-4-3-9(16)5-10(11)15/h3-6,8H,1-2H3,(H,17,19,21). The molecule has 3 aromatic rings. The number of hydrogen-bond donors (Lipinski definition) is 1. The lowest BCUT2D eigenvalue weighted by Crippen LogP contribution is -2.30. The van der Waals surface area contributed by atoms with Crippen LogP contribution in [0.4, 0.5) is 5.95 Å². The highest BCUT2D eigenvalue weighted by Gasteiger charge is 2.18. The van der Waals surface area contributed by atoms with Gasteiger partial charge < -0.3 is 4.74 Å². The van der Waals surface area contributed by atoms with Crippen LogP contribution in [0.25, 0.3) is 4.96 Å². The fraction of sp³-hybridized carbons (Fsp3) is 0.214. The SMILES string of the molecule is Cc1csc2nc(NC(=O)C(C)Oc3ccc(Cl)cc3Br)nn12. The number of rotatable bonds is 4. The third-order valence-electron chi connectivity index (χ3n) is 3.05. The van der Waals surface area contributed by atoms with E-state index in [4.69, 9.17) is 16.3 Å². The Kier molecular flexibility index (Phi) is 4.56. The Morgan fingerprint density at radius 3 is 3.00 bits per heavy atom. The van der Waals surface area contributed by atoms with Crippen LogP contribution in [0.5, 0.6) is 5.75 Å². The second-order valence-electron chi connectivity index (χ2n) is 4.83. The Labute approximate surface area is 149 Å². The number of halogens is 2. The van der Waals surface area contributed by atoms with Gasteiger partial charge in [-0.25, -0.2) is 4.52 Å².